The Hall–Kier alpha value is -4.81. The predicted molar refractivity (Wildman–Crippen MR) is 160 cm³/mol. The maximum atomic E-state index is 12.8. The van der Waals surface area contributed by atoms with E-state index in [2.05, 4.69) is 21.5 Å². The minimum absolute atomic E-state index is 0.364. The molecule has 42 heavy (non-hydrogen) atoms. The van der Waals surface area contributed by atoms with Crippen molar-refractivity contribution in [1.29, 1.82) is 5.26 Å². The lowest BCUT2D eigenvalue weighted by atomic mass is 9.62. The quantitative estimate of drug-likeness (QED) is 0.274. The first kappa shape index (κ1) is 27.4. The van der Waals surface area contributed by atoms with Gasteiger partial charge in [0.25, 0.3) is 0 Å². The summed E-state index contributed by atoms with van der Waals surface area (Å²) in [5, 5.41) is 28.6. The fourth-order valence-electron chi connectivity index (χ4n) is 5.91. The molecule has 3 heterocycles. The monoisotopic (exact) mass is 560 g/mol. The maximum Gasteiger partial charge on any atom is 0.408 e. The van der Waals surface area contributed by atoms with Crippen LogP contribution < -0.4 is 5.32 Å². The standard InChI is InChI=1S/C33H32N6O3/c1-20-13-27-35-17-24-15-26(23-8-6-7-21(14-23)16-34)28(36-29(24)39(27)38-20)22-9-11-25(12-10-22)33(18-32(5,41)19-33)37-30(40)42-31(2,3)4/h6-15,17,41H,18-19H2,1-5H3,(H,37,40)/t32-,33+. The van der Waals surface area contributed by atoms with E-state index in [4.69, 9.17) is 9.72 Å². The summed E-state index contributed by atoms with van der Waals surface area (Å²) in [5.74, 6) is 0. The molecule has 0 unspecified atom stereocenters. The summed E-state index contributed by atoms with van der Waals surface area (Å²) in [5.41, 5.74) is 4.63. The Morgan fingerprint density at radius 3 is 2.50 bits per heavy atom. The Balaban J connectivity index is 1.46. The van der Waals surface area contributed by atoms with Crippen molar-refractivity contribution < 1.29 is 14.6 Å². The zero-order valence-electron chi connectivity index (χ0n) is 24.3. The summed E-state index contributed by atoms with van der Waals surface area (Å²) in [6.45, 7) is 9.14. The van der Waals surface area contributed by atoms with E-state index >= 15 is 0 Å². The fourth-order valence-corrected chi connectivity index (χ4v) is 5.91. The second kappa shape index (κ2) is 9.64. The highest BCUT2D eigenvalue weighted by Gasteiger charge is 2.53. The molecule has 6 rings (SSSR count). The molecule has 212 valence electrons. The number of rotatable bonds is 4. The number of ether oxygens (including phenoxy) is 1. The largest absolute Gasteiger partial charge is 0.444 e. The number of pyridine rings is 1. The van der Waals surface area contributed by atoms with Gasteiger partial charge in [-0.2, -0.15) is 14.9 Å². The van der Waals surface area contributed by atoms with E-state index in [0.717, 1.165) is 39.0 Å². The van der Waals surface area contributed by atoms with Crippen molar-refractivity contribution in [2.24, 2.45) is 0 Å². The molecule has 0 radical (unpaired) electrons. The smallest absolute Gasteiger partial charge is 0.408 e. The minimum Gasteiger partial charge on any atom is -0.444 e. The average Bonchev–Trinajstić information content (AvgIpc) is 3.31. The molecule has 3 aromatic heterocycles. The van der Waals surface area contributed by atoms with Crippen LogP contribution in [0.15, 0.2) is 66.9 Å². The first-order chi connectivity index (χ1) is 19.8. The number of aromatic nitrogens is 4. The van der Waals surface area contributed by atoms with Gasteiger partial charge in [-0.3, -0.25) is 0 Å². The van der Waals surface area contributed by atoms with Crippen molar-refractivity contribution in [2.75, 3.05) is 0 Å². The van der Waals surface area contributed by atoms with Gasteiger partial charge in [0.15, 0.2) is 11.3 Å². The van der Waals surface area contributed by atoms with E-state index in [1.807, 2.05) is 82.3 Å². The zero-order valence-corrected chi connectivity index (χ0v) is 24.3. The summed E-state index contributed by atoms with van der Waals surface area (Å²) in [4.78, 5) is 22.4. The second-order valence-corrected chi connectivity index (χ2v) is 12.4. The van der Waals surface area contributed by atoms with Gasteiger partial charge in [-0.25, -0.2) is 14.8 Å². The Kier molecular flexibility index (Phi) is 6.28. The number of hydrogen-bond acceptors (Lipinski definition) is 7. The van der Waals surface area contributed by atoms with Crippen molar-refractivity contribution in [3.05, 3.63) is 83.7 Å². The highest BCUT2D eigenvalue weighted by molar-refractivity contribution is 5.91. The number of nitrogens with one attached hydrogen (secondary N) is 1. The Morgan fingerprint density at radius 2 is 1.83 bits per heavy atom. The van der Waals surface area contributed by atoms with Crippen molar-refractivity contribution in [1.82, 2.24) is 24.9 Å². The van der Waals surface area contributed by atoms with Crippen LogP contribution in [0.25, 0.3) is 39.1 Å². The van der Waals surface area contributed by atoms with Gasteiger partial charge >= 0.3 is 6.09 Å². The van der Waals surface area contributed by atoms with Crippen LogP contribution in [-0.2, 0) is 10.3 Å². The molecular formula is C33H32N6O3. The molecule has 0 bridgehead atoms. The van der Waals surface area contributed by atoms with Gasteiger partial charge in [0, 0.05) is 41.6 Å². The molecule has 2 N–H and O–H groups in total. The molecule has 9 nitrogen and oxygen atoms in total. The molecule has 5 aromatic rings. The summed E-state index contributed by atoms with van der Waals surface area (Å²) in [6.07, 6.45) is 1.99. The van der Waals surface area contributed by atoms with Crippen molar-refractivity contribution in [2.45, 2.75) is 64.2 Å². The predicted octanol–water partition coefficient (Wildman–Crippen LogP) is 6.06. The number of benzene rings is 2. The first-order valence-corrected chi connectivity index (χ1v) is 13.9. The van der Waals surface area contributed by atoms with Gasteiger partial charge in [-0.05, 0) is 63.9 Å². The van der Waals surface area contributed by atoms with E-state index in [0.29, 0.717) is 29.7 Å². The normalized spacial score (nSPS) is 20.2. The Morgan fingerprint density at radius 1 is 1.10 bits per heavy atom. The molecule has 0 saturated heterocycles. The number of nitrogens with zero attached hydrogens (tertiary/aromatic N) is 5. The number of amides is 1. The number of carbonyl (C=O) groups is 1. The molecule has 0 aliphatic heterocycles. The van der Waals surface area contributed by atoms with Crippen LogP contribution in [0.5, 0.6) is 0 Å². The van der Waals surface area contributed by atoms with E-state index in [-0.39, 0.29) is 0 Å². The number of aliphatic hydroxyl groups is 1. The lowest BCUT2D eigenvalue weighted by Crippen LogP contribution is -2.62. The van der Waals surface area contributed by atoms with Gasteiger partial charge in [-0.15, -0.1) is 0 Å². The number of alkyl carbamates (subject to hydrolysis) is 1. The molecule has 0 spiro atoms. The first-order valence-electron chi connectivity index (χ1n) is 13.9. The minimum atomic E-state index is -0.895. The lowest BCUT2D eigenvalue weighted by molar-refractivity contribution is -0.0892. The van der Waals surface area contributed by atoms with Gasteiger partial charge in [0.1, 0.15) is 5.60 Å². The molecular weight excluding hydrogens is 528 g/mol. The molecule has 1 saturated carbocycles. The van der Waals surface area contributed by atoms with Crippen LogP contribution in [0.3, 0.4) is 0 Å². The molecule has 1 aliphatic carbocycles. The van der Waals surface area contributed by atoms with Crippen LogP contribution in [0, 0.1) is 18.3 Å². The highest BCUT2D eigenvalue weighted by Crippen LogP contribution is 2.48. The summed E-state index contributed by atoms with van der Waals surface area (Å²) >= 11 is 0. The summed E-state index contributed by atoms with van der Waals surface area (Å²) in [7, 11) is 0. The number of carbonyl (C=O) groups excluding carboxylic acids is 1. The number of nitriles is 1. The SMILES string of the molecule is Cc1cc2ncc3cc(-c4cccc(C#N)c4)c(-c4ccc([C@]5(NC(=O)OC(C)(C)C)C[C@@](C)(O)C5)cc4)nc3n2n1. The van der Waals surface area contributed by atoms with Crippen molar-refractivity contribution in [3.8, 4) is 28.5 Å². The van der Waals surface area contributed by atoms with Crippen molar-refractivity contribution >= 4 is 22.8 Å². The number of hydrogen-bond donors (Lipinski definition) is 2. The summed E-state index contributed by atoms with van der Waals surface area (Å²) in [6, 6.07) is 21.5. The fraction of sp³-hybridized carbons (Fsp3) is 0.303. The molecule has 9 heteroatoms. The number of fused-ring (bicyclic) bond motifs is 3. The number of aryl methyl sites for hydroxylation is 1. The molecule has 1 amide bonds. The van der Waals surface area contributed by atoms with E-state index < -0.39 is 22.8 Å². The van der Waals surface area contributed by atoms with Crippen LogP contribution >= 0.6 is 0 Å². The third kappa shape index (κ3) is 5.06. The third-order valence-corrected chi connectivity index (χ3v) is 7.50. The van der Waals surface area contributed by atoms with Crippen LogP contribution in [0.2, 0.25) is 0 Å². The molecule has 1 aliphatic rings. The Bertz CT molecular complexity index is 1890. The Labute approximate surface area is 243 Å². The maximum absolute atomic E-state index is 12.8. The van der Waals surface area contributed by atoms with Gasteiger partial charge in [-0.1, -0.05) is 36.4 Å². The van der Waals surface area contributed by atoms with Crippen LogP contribution in [-0.4, -0.2) is 42.0 Å². The van der Waals surface area contributed by atoms with Crippen LogP contribution in [0.4, 0.5) is 4.79 Å². The average molecular weight is 561 g/mol. The lowest BCUT2D eigenvalue weighted by Gasteiger charge is -2.52. The molecule has 2 aromatic carbocycles. The van der Waals surface area contributed by atoms with E-state index in [9.17, 15) is 15.2 Å². The van der Waals surface area contributed by atoms with Crippen LogP contribution in [0.1, 0.15) is 57.4 Å². The van der Waals surface area contributed by atoms with E-state index in [1.54, 1.807) is 23.7 Å². The molecule has 0 atom stereocenters. The van der Waals surface area contributed by atoms with Gasteiger partial charge in [0.2, 0.25) is 0 Å². The van der Waals surface area contributed by atoms with Gasteiger partial charge < -0.3 is 15.2 Å². The second-order valence-electron chi connectivity index (χ2n) is 12.4. The highest BCUT2D eigenvalue weighted by atomic mass is 16.6. The van der Waals surface area contributed by atoms with Crippen molar-refractivity contribution in [3.63, 3.8) is 0 Å². The summed E-state index contributed by atoms with van der Waals surface area (Å²) < 4.78 is 7.28. The zero-order chi connectivity index (χ0) is 29.9. The third-order valence-electron chi connectivity index (χ3n) is 7.50. The topological polar surface area (TPSA) is 125 Å². The van der Waals surface area contributed by atoms with Gasteiger partial charge in [0.05, 0.1) is 34.2 Å². The molecule has 1 fully saturated rings. The van der Waals surface area contributed by atoms with E-state index in [1.165, 1.54) is 0 Å².